The number of nitrogens with zero attached hydrogens (tertiary/aromatic N) is 1. The topological polar surface area (TPSA) is 29.3 Å². The van der Waals surface area contributed by atoms with Crippen molar-refractivity contribution in [1.82, 2.24) is 4.90 Å². The normalized spacial score (nSPS) is 37.1. The summed E-state index contributed by atoms with van der Waals surface area (Å²) in [6.45, 7) is 8.29. The maximum atomic E-state index is 6.05. The van der Waals surface area contributed by atoms with Gasteiger partial charge in [-0.1, -0.05) is 20.3 Å². The van der Waals surface area contributed by atoms with E-state index < -0.39 is 0 Å². The molecule has 2 atom stereocenters. The monoisotopic (exact) mass is 196 g/mol. The second kappa shape index (κ2) is 3.82. The van der Waals surface area contributed by atoms with Crippen molar-refractivity contribution >= 4 is 0 Å². The molecule has 2 nitrogen and oxygen atoms in total. The molecule has 1 saturated heterocycles. The summed E-state index contributed by atoms with van der Waals surface area (Å²) in [5.41, 5.74) is 6.72. The Bertz CT molecular complexity index is 183. The van der Waals surface area contributed by atoms with E-state index in [1.165, 1.54) is 38.8 Å². The first kappa shape index (κ1) is 10.4. The van der Waals surface area contributed by atoms with Gasteiger partial charge in [-0.3, -0.25) is 0 Å². The molecule has 1 aliphatic carbocycles. The predicted octanol–water partition coefficient (Wildman–Crippen LogP) is 1.85. The lowest BCUT2D eigenvalue weighted by Gasteiger charge is -2.44. The van der Waals surface area contributed by atoms with Gasteiger partial charge in [0, 0.05) is 25.7 Å². The Morgan fingerprint density at radius 3 is 2.43 bits per heavy atom. The fraction of sp³-hybridized carbons (Fsp3) is 1.00. The Morgan fingerprint density at radius 2 is 2.07 bits per heavy atom. The predicted molar refractivity (Wildman–Crippen MR) is 60.2 cm³/mol. The van der Waals surface area contributed by atoms with Crippen molar-refractivity contribution in [2.45, 2.75) is 45.6 Å². The maximum absolute atomic E-state index is 6.05. The number of hydrogen-bond acceptors (Lipinski definition) is 2. The number of nitrogens with two attached hydrogens (primary N) is 1. The zero-order valence-corrected chi connectivity index (χ0v) is 9.63. The van der Waals surface area contributed by atoms with Crippen LogP contribution in [0.5, 0.6) is 0 Å². The molecule has 1 saturated carbocycles. The van der Waals surface area contributed by atoms with Gasteiger partial charge in [-0.15, -0.1) is 0 Å². The van der Waals surface area contributed by atoms with E-state index in [-0.39, 0.29) is 0 Å². The van der Waals surface area contributed by atoms with Crippen LogP contribution in [0.25, 0.3) is 0 Å². The van der Waals surface area contributed by atoms with E-state index in [0.29, 0.717) is 17.4 Å². The Labute approximate surface area is 87.8 Å². The molecule has 0 aromatic heterocycles. The molecule has 2 unspecified atom stereocenters. The van der Waals surface area contributed by atoms with Crippen molar-refractivity contribution in [1.29, 1.82) is 0 Å². The fourth-order valence-electron chi connectivity index (χ4n) is 3.00. The SMILES string of the molecule is CCC1(CN2CC(C)C(N)C2)CCC1. The summed E-state index contributed by atoms with van der Waals surface area (Å²) >= 11 is 0. The van der Waals surface area contributed by atoms with Crippen LogP contribution in [0.2, 0.25) is 0 Å². The van der Waals surface area contributed by atoms with Crippen LogP contribution in [0.4, 0.5) is 0 Å². The second-order valence-electron chi connectivity index (χ2n) is 5.54. The van der Waals surface area contributed by atoms with Crippen LogP contribution in [0.1, 0.15) is 39.5 Å². The molecule has 2 rings (SSSR count). The number of hydrogen-bond donors (Lipinski definition) is 1. The minimum atomic E-state index is 0.420. The average molecular weight is 196 g/mol. The Hall–Kier alpha value is -0.0800. The van der Waals surface area contributed by atoms with Gasteiger partial charge in [0.15, 0.2) is 0 Å². The minimum absolute atomic E-state index is 0.420. The number of rotatable bonds is 3. The zero-order chi connectivity index (χ0) is 10.2. The lowest BCUT2D eigenvalue weighted by Crippen LogP contribution is -2.41. The molecule has 0 aromatic rings. The van der Waals surface area contributed by atoms with Crippen molar-refractivity contribution in [3.05, 3.63) is 0 Å². The first-order chi connectivity index (χ1) is 6.65. The minimum Gasteiger partial charge on any atom is -0.326 e. The van der Waals surface area contributed by atoms with Gasteiger partial charge in [-0.25, -0.2) is 0 Å². The van der Waals surface area contributed by atoms with Crippen molar-refractivity contribution in [3.63, 3.8) is 0 Å². The molecule has 0 amide bonds. The van der Waals surface area contributed by atoms with Gasteiger partial charge in [0.25, 0.3) is 0 Å². The summed E-state index contributed by atoms with van der Waals surface area (Å²) in [4.78, 5) is 2.60. The summed E-state index contributed by atoms with van der Waals surface area (Å²) in [5, 5.41) is 0. The van der Waals surface area contributed by atoms with Crippen molar-refractivity contribution in [2.24, 2.45) is 17.1 Å². The van der Waals surface area contributed by atoms with E-state index in [0.717, 1.165) is 6.54 Å². The van der Waals surface area contributed by atoms with E-state index in [2.05, 4.69) is 18.7 Å². The Balaban J connectivity index is 1.86. The molecule has 2 N–H and O–H groups in total. The molecule has 0 bridgehead atoms. The van der Waals surface area contributed by atoms with Crippen LogP contribution in [0, 0.1) is 11.3 Å². The van der Waals surface area contributed by atoms with Gasteiger partial charge in [0.05, 0.1) is 0 Å². The molecular formula is C12H24N2. The van der Waals surface area contributed by atoms with Crippen molar-refractivity contribution in [2.75, 3.05) is 19.6 Å². The molecule has 0 radical (unpaired) electrons. The quantitative estimate of drug-likeness (QED) is 0.746. The first-order valence-corrected chi connectivity index (χ1v) is 6.13. The molecule has 1 heterocycles. The summed E-state index contributed by atoms with van der Waals surface area (Å²) in [6, 6.07) is 0.420. The lowest BCUT2D eigenvalue weighted by molar-refractivity contribution is 0.0715. The molecule has 2 fully saturated rings. The molecule has 1 aliphatic heterocycles. The van der Waals surface area contributed by atoms with Crippen LogP contribution < -0.4 is 5.73 Å². The smallest absolute Gasteiger partial charge is 0.0206 e. The van der Waals surface area contributed by atoms with E-state index in [4.69, 9.17) is 5.73 Å². The van der Waals surface area contributed by atoms with E-state index >= 15 is 0 Å². The van der Waals surface area contributed by atoms with Gasteiger partial charge in [-0.2, -0.15) is 0 Å². The summed E-state index contributed by atoms with van der Waals surface area (Å²) in [7, 11) is 0. The highest BCUT2D eigenvalue weighted by molar-refractivity contribution is 4.93. The first-order valence-electron chi connectivity index (χ1n) is 6.13. The molecule has 2 heteroatoms. The van der Waals surface area contributed by atoms with Gasteiger partial charge >= 0.3 is 0 Å². The lowest BCUT2D eigenvalue weighted by atomic mass is 9.67. The van der Waals surface area contributed by atoms with Crippen LogP contribution in [-0.4, -0.2) is 30.6 Å². The molecule has 2 aliphatic rings. The Kier molecular flexibility index (Phi) is 2.85. The van der Waals surface area contributed by atoms with Crippen molar-refractivity contribution in [3.8, 4) is 0 Å². The largest absolute Gasteiger partial charge is 0.326 e. The van der Waals surface area contributed by atoms with Crippen LogP contribution in [0.15, 0.2) is 0 Å². The molecular weight excluding hydrogens is 172 g/mol. The molecule has 0 aromatic carbocycles. The highest BCUT2D eigenvalue weighted by atomic mass is 15.2. The number of likely N-dealkylation sites (tertiary alicyclic amines) is 1. The second-order valence-corrected chi connectivity index (χ2v) is 5.54. The summed E-state index contributed by atoms with van der Waals surface area (Å²) < 4.78 is 0. The maximum Gasteiger partial charge on any atom is 0.0206 e. The standard InChI is InChI=1S/C12H24N2/c1-3-12(5-4-6-12)9-14-7-10(2)11(13)8-14/h10-11H,3-9,13H2,1-2H3. The van der Waals surface area contributed by atoms with Gasteiger partial charge < -0.3 is 10.6 Å². The third-order valence-corrected chi connectivity index (χ3v) is 4.47. The van der Waals surface area contributed by atoms with Crippen LogP contribution in [0.3, 0.4) is 0 Å². The van der Waals surface area contributed by atoms with E-state index in [9.17, 15) is 0 Å². The highest BCUT2D eigenvalue weighted by Gasteiger charge is 2.39. The van der Waals surface area contributed by atoms with Gasteiger partial charge in [0.1, 0.15) is 0 Å². The van der Waals surface area contributed by atoms with Gasteiger partial charge in [0.2, 0.25) is 0 Å². The van der Waals surface area contributed by atoms with E-state index in [1.807, 2.05) is 0 Å². The van der Waals surface area contributed by atoms with Gasteiger partial charge in [-0.05, 0) is 30.6 Å². The van der Waals surface area contributed by atoms with Crippen LogP contribution >= 0.6 is 0 Å². The average Bonchev–Trinajstić information content (AvgIpc) is 2.39. The molecule has 82 valence electrons. The highest BCUT2D eigenvalue weighted by Crippen LogP contribution is 2.44. The van der Waals surface area contributed by atoms with Crippen LogP contribution in [-0.2, 0) is 0 Å². The van der Waals surface area contributed by atoms with E-state index in [1.54, 1.807) is 0 Å². The van der Waals surface area contributed by atoms with Crippen molar-refractivity contribution < 1.29 is 0 Å². The molecule has 14 heavy (non-hydrogen) atoms. The Morgan fingerprint density at radius 1 is 1.36 bits per heavy atom. The summed E-state index contributed by atoms with van der Waals surface area (Å²) in [6.07, 6.45) is 5.70. The molecule has 0 spiro atoms. The summed E-state index contributed by atoms with van der Waals surface area (Å²) in [5.74, 6) is 0.698. The third kappa shape index (κ3) is 1.82. The zero-order valence-electron chi connectivity index (χ0n) is 9.63. The third-order valence-electron chi connectivity index (χ3n) is 4.47. The fourth-order valence-corrected chi connectivity index (χ4v) is 3.00.